The number of nitrogens with one attached hydrogen (secondary N) is 1. The number of Topliss-reactive ketones (excluding diaryl/α,β-unsaturated/α-hetero) is 2. The van der Waals surface area contributed by atoms with Gasteiger partial charge in [-0.2, -0.15) is 0 Å². The predicted molar refractivity (Wildman–Crippen MR) is 151 cm³/mol. The quantitative estimate of drug-likeness (QED) is 0.148. The summed E-state index contributed by atoms with van der Waals surface area (Å²) in [7, 11) is 0. The molecule has 3 aromatic rings. The lowest BCUT2D eigenvalue weighted by atomic mass is 9.98. The minimum atomic E-state index is -1.56. The molecule has 1 aliphatic rings. The Kier molecular flexibility index (Phi) is 9.06. The van der Waals surface area contributed by atoms with E-state index in [-0.39, 0.29) is 38.5 Å². The molecule has 2 atom stereocenters. The monoisotopic (exact) mass is 669 g/mol. The van der Waals surface area contributed by atoms with Gasteiger partial charge in [0.15, 0.2) is 5.78 Å². The van der Waals surface area contributed by atoms with Crippen LogP contribution >= 0.6 is 69.6 Å². The first kappa shape index (κ1) is 30.9. The number of hydrogen-bond donors (Lipinski definition) is 1. The van der Waals surface area contributed by atoms with Crippen molar-refractivity contribution in [3.05, 3.63) is 96.2 Å². The molecular weight excluding hydrogens is 656 g/mol. The second kappa shape index (κ2) is 11.7. The molecule has 0 radical (unpaired) electrons. The summed E-state index contributed by atoms with van der Waals surface area (Å²) in [6.07, 6.45) is -1.13. The molecule has 1 aliphatic carbocycles. The van der Waals surface area contributed by atoms with E-state index in [1.807, 2.05) is 0 Å². The summed E-state index contributed by atoms with van der Waals surface area (Å²) in [5.41, 5.74) is -0.866. The lowest BCUT2D eigenvalue weighted by Gasteiger charge is -2.12. The minimum Gasteiger partial charge on any atom is -0.326 e. The highest BCUT2D eigenvalue weighted by Gasteiger charge is 2.67. The standard InChI is InChI=1S/C27H16Cl6F3NO3/c1-10(38)4-11-2-3-18(34)14(25(11)36)9-20(39)15-7-13(8-19(35)23(15)30)37-26(40)22-21(27(22,32)33)12-5-16(28)24(31)17(29)6-12/h2-3,5-8,21-22H,4,9H2,1H3,(H,37,40)/t21-,22+/m0/s1. The molecule has 40 heavy (non-hydrogen) atoms. The number of benzene rings is 3. The van der Waals surface area contributed by atoms with E-state index in [4.69, 9.17) is 69.6 Å². The van der Waals surface area contributed by atoms with Gasteiger partial charge in [0.25, 0.3) is 0 Å². The van der Waals surface area contributed by atoms with Crippen molar-refractivity contribution < 1.29 is 27.6 Å². The van der Waals surface area contributed by atoms with Crippen LogP contribution in [0, 0.1) is 23.4 Å². The van der Waals surface area contributed by atoms with Crippen LogP contribution in [0.2, 0.25) is 20.1 Å². The topological polar surface area (TPSA) is 63.2 Å². The van der Waals surface area contributed by atoms with Crippen LogP contribution < -0.4 is 5.32 Å². The average Bonchev–Trinajstić information content (AvgIpc) is 3.45. The Hall–Kier alpha value is -2.00. The second-order valence-corrected chi connectivity index (χ2v) is 12.2. The van der Waals surface area contributed by atoms with Gasteiger partial charge in [-0.05, 0) is 48.4 Å². The molecule has 0 unspecified atom stereocenters. The molecule has 1 fully saturated rings. The third-order valence-corrected chi connectivity index (χ3v) is 8.86. The molecule has 0 saturated heterocycles. The number of alkyl halides is 2. The zero-order chi connectivity index (χ0) is 29.7. The number of rotatable bonds is 8. The van der Waals surface area contributed by atoms with Gasteiger partial charge >= 0.3 is 0 Å². The van der Waals surface area contributed by atoms with E-state index in [1.54, 1.807) is 0 Å². The van der Waals surface area contributed by atoms with Crippen LogP contribution in [0.25, 0.3) is 0 Å². The third-order valence-electron chi connectivity index (χ3n) is 6.34. The summed E-state index contributed by atoms with van der Waals surface area (Å²) < 4.78 is 42.4. The first-order valence-corrected chi connectivity index (χ1v) is 13.7. The van der Waals surface area contributed by atoms with Gasteiger partial charge < -0.3 is 5.32 Å². The maximum atomic E-state index is 14.9. The molecule has 1 amide bonds. The zero-order valence-corrected chi connectivity index (χ0v) is 24.7. The molecule has 4 nitrogen and oxygen atoms in total. The number of carbonyl (C=O) groups is 3. The fourth-order valence-electron chi connectivity index (χ4n) is 4.38. The van der Waals surface area contributed by atoms with Gasteiger partial charge in [-0.15, -0.1) is 23.2 Å². The molecule has 0 aromatic heterocycles. The molecule has 0 aliphatic heterocycles. The Labute approximate surface area is 256 Å². The first-order chi connectivity index (χ1) is 18.6. The normalized spacial score (nSPS) is 17.4. The lowest BCUT2D eigenvalue weighted by molar-refractivity contribution is -0.117. The zero-order valence-electron chi connectivity index (χ0n) is 20.2. The maximum absolute atomic E-state index is 14.9. The van der Waals surface area contributed by atoms with Gasteiger partial charge in [-0.3, -0.25) is 14.4 Å². The smallest absolute Gasteiger partial charge is 0.231 e. The van der Waals surface area contributed by atoms with Crippen LogP contribution in [-0.4, -0.2) is 21.8 Å². The van der Waals surface area contributed by atoms with E-state index >= 15 is 0 Å². The van der Waals surface area contributed by atoms with Crippen LogP contribution in [-0.2, 0) is 22.4 Å². The fraction of sp³-hybridized carbons (Fsp3) is 0.222. The third kappa shape index (κ3) is 6.10. The van der Waals surface area contributed by atoms with Crippen molar-refractivity contribution in [1.82, 2.24) is 0 Å². The Morgan fingerprint density at radius 3 is 2.10 bits per heavy atom. The lowest BCUT2D eigenvalue weighted by Crippen LogP contribution is -2.18. The average molecular weight is 672 g/mol. The van der Waals surface area contributed by atoms with Gasteiger partial charge in [-0.25, -0.2) is 13.2 Å². The molecule has 0 bridgehead atoms. The summed E-state index contributed by atoms with van der Waals surface area (Å²) in [5.74, 6) is -6.93. The van der Waals surface area contributed by atoms with Gasteiger partial charge in [0.2, 0.25) is 5.91 Å². The van der Waals surface area contributed by atoms with Crippen LogP contribution in [0.3, 0.4) is 0 Å². The van der Waals surface area contributed by atoms with Crippen molar-refractivity contribution in [2.75, 3.05) is 5.32 Å². The van der Waals surface area contributed by atoms with E-state index in [9.17, 15) is 27.6 Å². The highest BCUT2D eigenvalue weighted by atomic mass is 35.5. The van der Waals surface area contributed by atoms with E-state index < -0.39 is 67.9 Å². The minimum absolute atomic E-state index is 0.0946. The Balaban J connectivity index is 1.58. The van der Waals surface area contributed by atoms with E-state index in [2.05, 4.69) is 5.32 Å². The van der Waals surface area contributed by atoms with Crippen LogP contribution in [0.1, 0.15) is 39.9 Å². The van der Waals surface area contributed by atoms with E-state index in [0.29, 0.717) is 5.56 Å². The summed E-state index contributed by atoms with van der Waals surface area (Å²) in [4.78, 5) is 37.4. The second-order valence-electron chi connectivity index (χ2n) is 9.22. The molecule has 0 spiro atoms. The van der Waals surface area contributed by atoms with Crippen molar-refractivity contribution in [3.8, 4) is 0 Å². The molecule has 0 heterocycles. The highest BCUT2D eigenvalue weighted by Crippen LogP contribution is 2.65. The summed E-state index contributed by atoms with van der Waals surface area (Å²) >= 11 is 36.8. The summed E-state index contributed by atoms with van der Waals surface area (Å²) in [6, 6.07) is 6.90. The number of carbonyl (C=O) groups excluding carboxylic acids is 3. The molecular formula is C27H16Cl6F3NO3. The molecule has 3 aromatic carbocycles. The largest absolute Gasteiger partial charge is 0.326 e. The number of amides is 1. The molecule has 1 N–H and O–H groups in total. The maximum Gasteiger partial charge on any atom is 0.231 e. The Morgan fingerprint density at radius 2 is 1.50 bits per heavy atom. The van der Waals surface area contributed by atoms with E-state index in [0.717, 1.165) is 24.3 Å². The summed E-state index contributed by atoms with van der Waals surface area (Å²) in [5, 5.41) is 2.20. The van der Waals surface area contributed by atoms with Crippen molar-refractivity contribution in [1.29, 1.82) is 0 Å². The highest BCUT2D eigenvalue weighted by molar-refractivity contribution is 6.54. The molecule has 13 heteroatoms. The van der Waals surface area contributed by atoms with Crippen LogP contribution in [0.5, 0.6) is 0 Å². The van der Waals surface area contributed by atoms with Crippen LogP contribution in [0.4, 0.5) is 18.9 Å². The number of hydrogen-bond acceptors (Lipinski definition) is 3. The molecule has 1 saturated carbocycles. The number of ketones is 2. The van der Waals surface area contributed by atoms with Gasteiger partial charge in [-0.1, -0.05) is 52.5 Å². The van der Waals surface area contributed by atoms with Gasteiger partial charge in [0.1, 0.15) is 27.6 Å². The summed E-state index contributed by atoms with van der Waals surface area (Å²) in [6.45, 7) is 1.23. The first-order valence-electron chi connectivity index (χ1n) is 11.4. The van der Waals surface area contributed by atoms with Crippen LogP contribution in [0.15, 0.2) is 36.4 Å². The fourth-order valence-corrected chi connectivity index (χ4v) is 6.03. The predicted octanol–water partition coefficient (Wildman–Crippen LogP) is 8.80. The molecule has 4 rings (SSSR count). The Bertz CT molecular complexity index is 1560. The number of anilines is 1. The van der Waals surface area contributed by atoms with Crippen molar-refractivity contribution in [3.63, 3.8) is 0 Å². The van der Waals surface area contributed by atoms with E-state index in [1.165, 1.54) is 19.1 Å². The van der Waals surface area contributed by atoms with Crippen molar-refractivity contribution >= 4 is 92.8 Å². The SMILES string of the molecule is CC(=O)Cc1ccc(F)c(CC(=O)c2cc(NC(=O)[C@H]3[C@H](c4cc(Cl)c(Cl)c(Cl)c4)C3(Cl)Cl)cc(F)c2Cl)c1F. The van der Waals surface area contributed by atoms with Crippen molar-refractivity contribution in [2.24, 2.45) is 5.92 Å². The van der Waals surface area contributed by atoms with Crippen molar-refractivity contribution in [2.45, 2.75) is 30.0 Å². The van der Waals surface area contributed by atoms with Gasteiger partial charge in [0, 0.05) is 35.6 Å². The van der Waals surface area contributed by atoms with Gasteiger partial charge in [0.05, 0.1) is 26.0 Å². The number of halogens is 9. The molecule has 210 valence electrons. The Morgan fingerprint density at radius 1 is 0.875 bits per heavy atom.